The Morgan fingerprint density at radius 2 is 1.67 bits per heavy atom. The quantitative estimate of drug-likeness (QED) is 0.785. The van der Waals surface area contributed by atoms with Gasteiger partial charge in [0.15, 0.2) is 0 Å². The maximum absolute atomic E-state index is 11.8. The van der Waals surface area contributed by atoms with Crippen LogP contribution in [0.5, 0.6) is 0 Å². The van der Waals surface area contributed by atoms with Crippen molar-refractivity contribution in [3.05, 3.63) is 29.8 Å². The molecule has 0 aliphatic heterocycles. The number of rotatable bonds is 6. The van der Waals surface area contributed by atoms with Crippen LogP contribution in [0.25, 0.3) is 0 Å². The Morgan fingerprint density at radius 3 is 2.11 bits per heavy atom. The predicted octanol–water partition coefficient (Wildman–Crippen LogP) is 1.73. The minimum absolute atomic E-state index is 0. The second-order valence-corrected chi connectivity index (χ2v) is 5.99. The summed E-state index contributed by atoms with van der Waals surface area (Å²) in [7, 11) is -1.58. The van der Waals surface area contributed by atoms with E-state index in [1.54, 1.807) is 19.2 Å². The highest BCUT2D eigenvalue weighted by Crippen LogP contribution is 2.16. The highest BCUT2D eigenvalue weighted by atomic mass is 35.5. The largest absolute Gasteiger partial charge is 0.318 e. The molecule has 104 valence electrons. The third kappa shape index (κ3) is 4.94. The molecule has 0 saturated heterocycles. The minimum atomic E-state index is -3.36. The van der Waals surface area contributed by atoms with Gasteiger partial charge in [-0.25, -0.2) is 13.1 Å². The van der Waals surface area contributed by atoms with Crippen LogP contribution in [0.1, 0.15) is 25.3 Å². The van der Waals surface area contributed by atoms with Gasteiger partial charge >= 0.3 is 0 Å². The van der Waals surface area contributed by atoms with Gasteiger partial charge in [0, 0.05) is 13.1 Å². The lowest BCUT2D eigenvalue weighted by atomic mass is 10.0. The molecule has 1 aromatic carbocycles. The first-order chi connectivity index (χ1) is 7.97. The highest BCUT2D eigenvalue weighted by Gasteiger charge is 2.12. The molecule has 0 unspecified atom stereocenters. The minimum Gasteiger partial charge on any atom is -0.318 e. The van der Waals surface area contributed by atoms with E-state index in [2.05, 4.69) is 23.9 Å². The molecule has 0 aliphatic rings. The Bertz CT molecular complexity index is 444. The van der Waals surface area contributed by atoms with Gasteiger partial charge in [0.2, 0.25) is 10.0 Å². The van der Waals surface area contributed by atoms with Gasteiger partial charge in [-0.2, -0.15) is 0 Å². The van der Waals surface area contributed by atoms with Gasteiger partial charge in [0.1, 0.15) is 0 Å². The summed E-state index contributed by atoms with van der Waals surface area (Å²) in [5.74, 6) is 0.406. The third-order valence-electron chi connectivity index (χ3n) is 2.52. The normalized spacial score (nSPS) is 11.3. The monoisotopic (exact) mass is 292 g/mol. The number of sulfonamides is 1. The lowest BCUT2D eigenvalue weighted by molar-refractivity contribution is 0.579. The molecule has 0 bridgehead atoms. The first-order valence-corrected chi connectivity index (χ1v) is 7.20. The number of halogens is 1. The second kappa shape index (κ2) is 7.74. The van der Waals surface area contributed by atoms with Crippen LogP contribution in [-0.2, 0) is 10.0 Å². The average molecular weight is 293 g/mol. The summed E-state index contributed by atoms with van der Waals surface area (Å²) in [4.78, 5) is 0.318. The van der Waals surface area contributed by atoms with E-state index < -0.39 is 10.0 Å². The maximum Gasteiger partial charge on any atom is 0.240 e. The van der Waals surface area contributed by atoms with Crippen molar-refractivity contribution in [2.24, 2.45) is 0 Å². The molecule has 6 heteroatoms. The fraction of sp³-hybridized carbons (Fsp3) is 0.500. The van der Waals surface area contributed by atoms with Crippen molar-refractivity contribution >= 4 is 22.4 Å². The van der Waals surface area contributed by atoms with E-state index in [4.69, 9.17) is 0 Å². The van der Waals surface area contributed by atoms with Crippen molar-refractivity contribution in [3.8, 4) is 0 Å². The van der Waals surface area contributed by atoms with E-state index >= 15 is 0 Å². The zero-order valence-corrected chi connectivity index (χ0v) is 12.6. The van der Waals surface area contributed by atoms with Gasteiger partial charge in [-0.05, 0) is 30.7 Å². The molecule has 0 heterocycles. The van der Waals surface area contributed by atoms with E-state index in [1.807, 2.05) is 12.1 Å². The number of hydrogen-bond acceptors (Lipinski definition) is 3. The Kier molecular flexibility index (Phi) is 7.47. The summed E-state index contributed by atoms with van der Waals surface area (Å²) >= 11 is 0. The van der Waals surface area contributed by atoms with Crippen LogP contribution in [0.2, 0.25) is 0 Å². The van der Waals surface area contributed by atoms with Gasteiger partial charge in [-0.1, -0.05) is 26.0 Å². The third-order valence-corrected chi connectivity index (χ3v) is 4.00. The van der Waals surface area contributed by atoms with Crippen molar-refractivity contribution in [2.45, 2.75) is 24.7 Å². The van der Waals surface area contributed by atoms with Crippen LogP contribution in [-0.4, -0.2) is 28.6 Å². The van der Waals surface area contributed by atoms with Crippen LogP contribution in [0.3, 0.4) is 0 Å². The van der Waals surface area contributed by atoms with E-state index in [0.717, 1.165) is 5.56 Å². The molecule has 0 radical (unpaired) electrons. The SMILES string of the molecule is CNCCNS(=O)(=O)c1ccc(C(C)C)cc1.Cl. The Hall–Kier alpha value is -0.620. The molecule has 0 fully saturated rings. The summed E-state index contributed by atoms with van der Waals surface area (Å²) in [6.45, 7) is 5.16. The van der Waals surface area contributed by atoms with Gasteiger partial charge in [-0.3, -0.25) is 0 Å². The lowest BCUT2D eigenvalue weighted by Gasteiger charge is -2.08. The van der Waals surface area contributed by atoms with E-state index in [9.17, 15) is 8.42 Å². The van der Waals surface area contributed by atoms with Crippen LogP contribution in [0.15, 0.2) is 29.2 Å². The fourth-order valence-electron chi connectivity index (χ4n) is 1.43. The number of likely N-dealkylation sites (N-methyl/N-ethyl adjacent to an activating group) is 1. The Morgan fingerprint density at radius 1 is 1.11 bits per heavy atom. The van der Waals surface area contributed by atoms with Crippen LogP contribution < -0.4 is 10.0 Å². The van der Waals surface area contributed by atoms with Crippen LogP contribution in [0, 0.1) is 0 Å². The Balaban J connectivity index is 0.00000289. The van der Waals surface area contributed by atoms with E-state index in [1.165, 1.54) is 0 Å². The standard InChI is InChI=1S/C12H20N2O2S.ClH/c1-10(2)11-4-6-12(7-5-11)17(15,16)14-9-8-13-3;/h4-7,10,13-14H,8-9H2,1-3H3;1H. The first kappa shape index (κ1) is 17.4. The molecule has 1 rings (SSSR count). The molecule has 4 nitrogen and oxygen atoms in total. The van der Waals surface area contributed by atoms with Crippen molar-refractivity contribution in [1.82, 2.24) is 10.0 Å². The molecule has 0 spiro atoms. The highest BCUT2D eigenvalue weighted by molar-refractivity contribution is 7.89. The smallest absolute Gasteiger partial charge is 0.240 e. The zero-order valence-electron chi connectivity index (χ0n) is 10.9. The molecule has 0 aliphatic carbocycles. The molecule has 0 saturated carbocycles. The fourth-order valence-corrected chi connectivity index (χ4v) is 2.46. The second-order valence-electron chi connectivity index (χ2n) is 4.23. The molecule has 0 aromatic heterocycles. The summed E-state index contributed by atoms with van der Waals surface area (Å²) < 4.78 is 26.2. The van der Waals surface area contributed by atoms with Crippen LogP contribution >= 0.6 is 12.4 Å². The zero-order chi connectivity index (χ0) is 12.9. The molecular weight excluding hydrogens is 272 g/mol. The van der Waals surface area contributed by atoms with E-state index in [0.29, 0.717) is 23.9 Å². The first-order valence-electron chi connectivity index (χ1n) is 5.71. The van der Waals surface area contributed by atoms with Crippen LogP contribution in [0.4, 0.5) is 0 Å². The van der Waals surface area contributed by atoms with Crippen molar-refractivity contribution in [2.75, 3.05) is 20.1 Å². The topological polar surface area (TPSA) is 58.2 Å². The number of benzene rings is 1. The Labute approximate surface area is 116 Å². The van der Waals surface area contributed by atoms with Crippen molar-refractivity contribution in [1.29, 1.82) is 0 Å². The predicted molar refractivity (Wildman–Crippen MR) is 76.9 cm³/mol. The maximum atomic E-state index is 11.8. The van der Waals surface area contributed by atoms with Crippen molar-refractivity contribution in [3.63, 3.8) is 0 Å². The number of hydrogen-bond donors (Lipinski definition) is 2. The molecule has 0 amide bonds. The van der Waals surface area contributed by atoms with Crippen molar-refractivity contribution < 1.29 is 8.42 Å². The molecule has 18 heavy (non-hydrogen) atoms. The molecular formula is C12H21ClN2O2S. The van der Waals surface area contributed by atoms with E-state index in [-0.39, 0.29) is 12.4 Å². The van der Waals surface area contributed by atoms with Gasteiger partial charge < -0.3 is 5.32 Å². The van der Waals surface area contributed by atoms with Gasteiger partial charge in [-0.15, -0.1) is 12.4 Å². The lowest BCUT2D eigenvalue weighted by Crippen LogP contribution is -2.30. The molecule has 2 N–H and O–H groups in total. The number of nitrogens with one attached hydrogen (secondary N) is 2. The van der Waals surface area contributed by atoms with Gasteiger partial charge in [0.05, 0.1) is 4.90 Å². The summed E-state index contributed by atoms with van der Waals surface area (Å²) in [5, 5.41) is 2.89. The summed E-state index contributed by atoms with van der Waals surface area (Å²) in [6.07, 6.45) is 0. The van der Waals surface area contributed by atoms with Gasteiger partial charge in [0.25, 0.3) is 0 Å². The summed E-state index contributed by atoms with van der Waals surface area (Å²) in [6, 6.07) is 7.02. The summed E-state index contributed by atoms with van der Waals surface area (Å²) in [5.41, 5.74) is 1.14. The average Bonchev–Trinajstić information content (AvgIpc) is 2.29. The molecule has 1 aromatic rings. The molecule has 0 atom stereocenters.